The number of rotatable bonds is 16. The average Bonchev–Trinajstić information content (AvgIpc) is 3.70. The van der Waals surface area contributed by atoms with Crippen molar-refractivity contribution in [3.8, 4) is 5.88 Å². The molecule has 0 saturated carbocycles. The summed E-state index contributed by atoms with van der Waals surface area (Å²) in [5, 5.41) is 8.13. The number of halogens is 1. The van der Waals surface area contributed by atoms with Gasteiger partial charge in [-0.2, -0.15) is 9.97 Å². The predicted molar refractivity (Wildman–Crippen MR) is 240 cm³/mol. The summed E-state index contributed by atoms with van der Waals surface area (Å²) in [5.74, 6) is -1.42. The van der Waals surface area contributed by atoms with E-state index in [2.05, 4.69) is 67.0 Å². The standard InChI is InChI=1S/C46H50ClN8O7P/c1-32(56)48-25-26-50-63(47,59)60-30-37-28-54(46(34-19-11-6-12-20-34,35-21-13-7-14-22-35)36-23-15-8-16-24-36)29-39(61-37)55-31-49-40-41(55)52-44(53-42(40)62-43(58)45(2,3)4)51-38(57)27-33-17-9-5-10-18-33/h5-24,31,37,39H,25-30H2,1-4H3,(H,48,56)(H,50,59)(H,51,52,53,57). The minimum Gasteiger partial charge on any atom is -0.404 e. The molecule has 4 aromatic carbocycles. The van der Waals surface area contributed by atoms with Crippen LogP contribution < -0.4 is 20.5 Å². The molecule has 6 aromatic rings. The predicted octanol–water partition coefficient (Wildman–Crippen LogP) is 7.24. The van der Waals surface area contributed by atoms with Gasteiger partial charge < -0.3 is 19.3 Å². The second kappa shape index (κ2) is 19.7. The number of imidazole rings is 1. The summed E-state index contributed by atoms with van der Waals surface area (Å²) >= 11 is 6.43. The van der Waals surface area contributed by atoms with Crippen molar-refractivity contribution >= 4 is 53.0 Å². The molecule has 1 saturated heterocycles. The topological polar surface area (TPSA) is 179 Å². The summed E-state index contributed by atoms with van der Waals surface area (Å²) in [6.45, 7) is 3.25. The lowest BCUT2D eigenvalue weighted by atomic mass is 9.75. The minimum absolute atomic E-state index is 0.0497. The second-order valence-electron chi connectivity index (χ2n) is 16.1. The molecule has 328 valence electrons. The molecule has 1 aliphatic heterocycles. The lowest BCUT2D eigenvalue weighted by molar-refractivity contribution is -0.145. The Balaban J connectivity index is 1.33. The van der Waals surface area contributed by atoms with Gasteiger partial charge in [-0.05, 0) is 54.3 Å². The van der Waals surface area contributed by atoms with Gasteiger partial charge in [0.05, 0.1) is 36.4 Å². The van der Waals surface area contributed by atoms with Crippen molar-refractivity contribution in [2.45, 2.75) is 52.0 Å². The molecule has 1 fully saturated rings. The molecule has 2 amide bonds. The number of nitrogens with one attached hydrogen (secondary N) is 3. The highest BCUT2D eigenvalue weighted by Gasteiger charge is 2.47. The first-order chi connectivity index (χ1) is 30.2. The van der Waals surface area contributed by atoms with Crippen LogP contribution in [0.2, 0.25) is 0 Å². The maximum Gasteiger partial charge on any atom is 0.360 e. The Kier molecular flexibility index (Phi) is 14.2. The number of carbonyl (C=O) groups is 3. The van der Waals surface area contributed by atoms with Crippen LogP contribution in [0.4, 0.5) is 5.95 Å². The zero-order valence-electron chi connectivity index (χ0n) is 35.4. The number of hydrogen-bond donors (Lipinski definition) is 3. The number of amides is 2. The Morgan fingerprint density at radius 1 is 0.825 bits per heavy atom. The number of morpholine rings is 1. The third-order valence-electron chi connectivity index (χ3n) is 10.4. The fourth-order valence-corrected chi connectivity index (χ4v) is 8.75. The van der Waals surface area contributed by atoms with Crippen LogP contribution in [0, 0.1) is 5.41 Å². The smallest absolute Gasteiger partial charge is 0.360 e. The van der Waals surface area contributed by atoms with E-state index in [0.717, 1.165) is 22.3 Å². The third kappa shape index (κ3) is 10.9. The van der Waals surface area contributed by atoms with Crippen molar-refractivity contribution < 1.29 is 32.9 Å². The largest absolute Gasteiger partial charge is 0.404 e. The zero-order chi connectivity index (χ0) is 44.6. The van der Waals surface area contributed by atoms with Crippen LogP contribution in [-0.2, 0) is 40.2 Å². The molecule has 63 heavy (non-hydrogen) atoms. The van der Waals surface area contributed by atoms with Crippen LogP contribution in [0.1, 0.15) is 56.2 Å². The van der Waals surface area contributed by atoms with Gasteiger partial charge >= 0.3 is 12.8 Å². The SMILES string of the molecule is CC(=O)NCCNP(=O)(Cl)OCC1CN(C(c2ccccc2)(c2ccccc2)c2ccccc2)CC(n2cnc3c(OC(=O)C(C)(C)C)nc(NC(=O)Cc4ccccc4)nc32)O1. The molecular formula is C46H50ClN8O7P. The van der Waals surface area contributed by atoms with Crippen molar-refractivity contribution in [2.24, 2.45) is 5.41 Å². The molecule has 2 aromatic heterocycles. The molecule has 3 heterocycles. The molecule has 0 radical (unpaired) electrons. The number of nitrogens with zero attached hydrogens (tertiary/aromatic N) is 5. The number of carbonyl (C=O) groups excluding carboxylic acids is 3. The molecule has 7 rings (SSSR count). The summed E-state index contributed by atoms with van der Waals surface area (Å²) in [6.07, 6.45) is -0.0374. The molecule has 0 bridgehead atoms. The minimum atomic E-state index is -3.91. The number of esters is 1. The molecule has 3 N–H and O–H groups in total. The lowest BCUT2D eigenvalue weighted by Crippen LogP contribution is -2.57. The molecule has 3 unspecified atom stereocenters. The number of anilines is 1. The normalized spacial score (nSPS) is 16.8. The molecule has 3 atom stereocenters. The average molecular weight is 893 g/mol. The van der Waals surface area contributed by atoms with E-state index in [0.29, 0.717) is 0 Å². The first kappa shape index (κ1) is 45.2. The van der Waals surface area contributed by atoms with Crippen LogP contribution >= 0.6 is 18.1 Å². The van der Waals surface area contributed by atoms with E-state index < -0.39 is 36.1 Å². The Bertz CT molecular complexity index is 2470. The number of aromatic nitrogens is 4. The Morgan fingerprint density at radius 2 is 1.40 bits per heavy atom. The first-order valence-corrected chi connectivity index (χ1v) is 23.1. The van der Waals surface area contributed by atoms with E-state index >= 15 is 0 Å². The van der Waals surface area contributed by atoms with E-state index in [1.54, 1.807) is 25.3 Å². The van der Waals surface area contributed by atoms with E-state index in [-0.39, 0.29) is 74.0 Å². The molecular weight excluding hydrogens is 843 g/mol. The lowest BCUT2D eigenvalue weighted by Gasteiger charge is -2.50. The monoisotopic (exact) mass is 892 g/mol. The fraction of sp³-hybridized carbons (Fsp3) is 0.304. The summed E-state index contributed by atoms with van der Waals surface area (Å²) in [7, 11) is 0. The summed E-state index contributed by atoms with van der Waals surface area (Å²) in [4.78, 5) is 54.3. The van der Waals surface area contributed by atoms with Crippen molar-refractivity contribution in [1.29, 1.82) is 0 Å². The summed E-state index contributed by atoms with van der Waals surface area (Å²) in [5.41, 5.74) is 2.28. The van der Waals surface area contributed by atoms with Crippen molar-refractivity contribution in [1.82, 2.24) is 34.8 Å². The van der Waals surface area contributed by atoms with Gasteiger partial charge in [0, 0.05) is 33.1 Å². The van der Waals surface area contributed by atoms with E-state index in [4.69, 9.17) is 30.2 Å². The van der Waals surface area contributed by atoms with Gasteiger partial charge in [-0.15, -0.1) is 0 Å². The maximum atomic E-state index is 13.5. The van der Waals surface area contributed by atoms with Crippen LogP contribution in [0.3, 0.4) is 0 Å². The highest BCUT2D eigenvalue weighted by atomic mass is 35.7. The molecule has 15 nitrogen and oxygen atoms in total. The van der Waals surface area contributed by atoms with Gasteiger partial charge in [0.15, 0.2) is 11.2 Å². The fourth-order valence-electron chi connectivity index (χ4n) is 7.49. The first-order valence-electron chi connectivity index (χ1n) is 20.5. The van der Waals surface area contributed by atoms with Gasteiger partial charge in [-0.25, -0.2) is 10.1 Å². The van der Waals surface area contributed by atoms with E-state index in [1.807, 2.05) is 84.9 Å². The third-order valence-corrected chi connectivity index (χ3v) is 12.1. The molecule has 0 spiro atoms. The Hall–Kier alpha value is -5.80. The van der Waals surface area contributed by atoms with Crippen molar-refractivity contribution in [3.63, 3.8) is 0 Å². The number of fused-ring (bicyclic) bond motifs is 1. The quantitative estimate of drug-likeness (QED) is 0.0385. The van der Waals surface area contributed by atoms with Gasteiger partial charge in [-0.1, -0.05) is 121 Å². The Labute approximate surface area is 370 Å². The van der Waals surface area contributed by atoms with E-state index in [9.17, 15) is 18.9 Å². The van der Waals surface area contributed by atoms with Crippen LogP contribution in [0.5, 0.6) is 5.88 Å². The number of ether oxygens (including phenoxy) is 2. The maximum absolute atomic E-state index is 13.5. The van der Waals surface area contributed by atoms with Crippen LogP contribution in [0.25, 0.3) is 11.2 Å². The van der Waals surface area contributed by atoms with Gasteiger partial charge in [0.2, 0.25) is 17.8 Å². The van der Waals surface area contributed by atoms with Crippen molar-refractivity contribution in [2.75, 3.05) is 38.1 Å². The summed E-state index contributed by atoms with van der Waals surface area (Å²) < 4.78 is 33.8. The van der Waals surface area contributed by atoms with Gasteiger partial charge in [-0.3, -0.25) is 33.7 Å². The highest BCUT2D eigenvalue weighted by molar-refractivity contribution is 7.83. The summed E-state index contributed by atoms with van der Waals surface area (Å²) in [6, 6.07) is 39.7. The molecule has 0 aliphatic carbocycles. The molecule has 1 aliphatic rings. The van der Waals surface area contributed by atoms with Gasteiger partial charge in [0.1, 0.15) is 6.23 Å². The second-order valence-corrected chi connectivity index (χ2v) is 19.0. The number of benzene rings is 4. The number of hydrogen-bond acceptors (Lipinski definition) is 11. The van der Waals surface area contributed by atoms with Crippen molar-refractivity contribution in [3.05, 3.63) is 150 Å². The van der Waals surface area contributed by atoms with Crippen LogP contribution in [-0.4, -0.2) is 81.1 Å². The molecule has 17 heteroatoms. The Morgan fingerprint density at radius 3 is 1.95 bits per heavy atom. The highest BCUT2D eigenvalue weighted by Crippen LogP contribution is 2.49. The van der Waals surface area contributed by atoms with E-state index in [1.165, 1.54) is 13.3 Å². The van der Waals surface area contributed by atoms with Crippen LogP contribution in [0.15, 0.2) is 128 Å². The van der Waals surface area contributed by atoms with Gasteiger partial charge in [0.25, 0.3) is 5.88 Å². The zero-order valence-corrected chi connectivity index (χ0v) is 37.1.